The Balaban J connectivity index is 3.32. The van der Waals surface area contributed by atoms with E-state index in [1.54, 1.807) is 0 Å². The molecule has 4 nitrogen and oxygen atoms in total. The maximum Gasteiger partial charge on any atom is 0.365 e. The molecule has 0 spiro atoms. The molecule has 0 fully saturated rings. The van der Waals surface area contributed by atoms with E-state index >= 15 is 0 Å². The maximum absolute atomic E-state index is 10.4. The van der Waals surface area contributed by atoms with Crippen LogP contribution in [0.25, 0.3) is 0 Å². The van der Waals surface area contributed by atoms with Gasteiger partial charge in [-0.1, -0.05) is 0 Å². The lowest BCUT2D eigenvalue weighted by Crippen LogP contribution is -1.94. The average Bonchev–Trinajstić information content (AvgIpc) is 1.89. The fourth-order valence-electron chi connectivity index (χ4n) is 0.428. The Kier molecular flexibility index (Phi) is 1.40. The number of hydrogen-bond donors (Lipinski definition) is 0. The van der Waals surface area contributed by atoms with E-state index in [2.05, 4.69) is 9.59 Å². The van der Waals surface area contributed by atoms with Crippen LogP contribution in [-0.4, -0.2) is 0 Å². The van der Waals surface area contributed by atoms with Crippen LogP contribution < -0.4 is 5.63 Å². The summed E-state index contributed by atoms with van der Waals surface area (Å²) in [5.41, 5.74) is -0.898. The van der Waals surface area contributed by atoms with Gasteiger partial charge in [0.25, 0.3) is 0 Å². The molecule has 46 valence electrons. The zero-order valence-corrected chi connectivity index (χ0v) is 4.40. The van der Waals surface area contributed by atoms with Crippen molar-refractivity contribution in [2.75, 3.05) is 0 Å². The van der Waals surface area contributed by atoms with Crippen LogP contribution in [0.3, 0.4) is 0 Å². The summed E-state index contributed by atoms with van der Waals surface area (Å²) in [7, 11) is 0. The largest absolute Gasteiger partial charge is 0.430 e. The van der Waals surface area contributed by atoms with Gasteiger partial charge in [-0.2, -0.15) is 0 Å². The standard InChI is InChI=1S/C5H3NO3/c7-5-4(6-8)2-1-3-9-5/h1-3H. The SMILES string of the molecule is O=Nc1cccoc1=O. The Morgan fingerprint density at radius 1 is 1.56 bits per heavy atom. The second-order valence-electron chi connectivity index (χ2n) is 1.38. The van der Waals surface area contributed by atoms with Crippen molar-refractivity contribution >= 4 is 5.69 Å². The Labute approximate surface area is 50.1 Å². The van der Waals surface area contributed by atoms with E-state index in [9.17, 15) is 9.70 Å². The summed E-state index contributed by atoms with van der Waals surface area (Å²) in [5, 5.41) is 2.41. The van der Waals surface area contributed by atoms with Crippen molar-refractivity contribution in [1.29, 1.82) is 0 Å². The first-order valence-corrected chi connectivity index (χ1v) is 2.26. The van der Waals surface area contributed by atoms with Gasteiger partial charge in [0.2, 0.25) is 0 Å². The van der Waals surface area contributed by atoms with Gasteiger partial charge in [0.15, 0.2) is 5.69 Å². The lowest BCUT2D eigenvalue weighted by atomic mass is 10.5. The van der Waals surface area contributed by atoms with Gasteiger partial charge in [-0.25, -0.2) is 4.79 Å². The summed E-state index contributed by atoms with van der Waals surface area (Å²) in [5.74, 6) is 0. The molecule has 0 aliphatic rings. The molecule has 0 bridgehead atoms. The molecule has 0 N–H and O–H groups in total. The third-order valence-electron chi connectivity index (χ3n) is 0.815. The number of nitrogens with zero attached hydrogens (tertiary/aromatic N) is 1. The number of nitroso groups, excluding NO2 is 1. The summed E-state index contributed by atoms with van der Waals surface area (Å²) in [6, 6.07) is 2.72. The van der Waals surface area contributed by atoms with Gasteiger partial charge in [0.1, 0.15) is 0 Å². The first-order valence-electron chi connectivity index (χ1n) is 2.26. The molecule has 0 aromatic carbocycles. The van der Waals surface area contributed by atoms with Gasteiger partial charge < -0.3 is 4.42 Å². The van der Waals surface area contributed by atoms with Crippen LogP contribution >= 0.6 is 0 Å². The third-order valence-corrected chi connectivity index (χ3v) is 0.815. The first-order chi connectivity index (χ1) is 4.34. The molecule has 0 saturated carbocycles. The summed E-state index contributed by atoms with van der Waals surface area (Å²) >= 11 is 0. The second kappa shape index (κ2) is 2.21. The predicted octanol–water partition coefficient (Wildman–Crippen LogP) is 1.04. The van der Waals surface area contributed by atoms with Crippen molar-refractivity contribution in [2.24, 2.45) is 5.18 Å². The molecule has 0 unspecified atom stereocenters. The minimum absolute atomic E-state index is 0.197. The molecule has 9 heavy (non-hydrogen) atoms. The number of rotatable bonds is 1. The quantitative estimate of drug-likeness (QED) is 0.527. The topological polar surface area (TPSA) is 59.6 Å². The zero-order chi connectivity index (χ0) is 6.69. The highest BCUT2D eigenvalue weighted by Crippen LogP contribution is 1.99. The van der Waals surface area contributed by atoms with Gasteiger partial charge in [-0.3, -0.25) is 0 Å². The molecule has 0 aliphatic carbocycles. The Bertz CT molecular complexity index is 265. The predicted molar refractivity (Wildman–Crippen MR) is 30.4 cm³/mol. The summed E-state index contributed by atoms with van der Waals surface area (Å²) in [4.78, 5) is 20.1. The minimum atomic E-state index is -0.701. The fourth-order valence-corrected chi connectivity index (χ4v) is 0.428. The Hall–Kier alpha value is -1.45. The van der Waals surface area contributed by atoms with E-state index in [1.807, 2.05) is 0 Å². The molecule has 0 radical (unpaired) electrons. The fraction of sp³-hybridized carbons (Fsp3) is 0. The molecule has 1 heterocycles. The van der Waals surface area contributed by atoms with E-state index in [4.69, 9.17) is 0 Å². The molecule has 0 amide bonds. The van der Waals surface area contributed by atoms with Crippen LogP contribution in [0.5, 0.6) is 0 Å². The van der Waals surface area contributed by atoms with Crippen molar-refractivity contribution in [3.8, 4) is 0 Å². The molecule has 4 heteroatoms. The van der Waals surface area contributed by atoms with Crippen LogP contribution in [-0.2, 0) is 0 Å². The molecule has 1 aromatic rings. The highest BCUT2D eigenvalue weighted by Gasteiger charge is 1.95. The highest BCUT2D eigenvalue weighted by molar-refractivity contribution is 5.29. The molecule has 1 rings (SSSR count). The van der Waals surface area contributed by atoms with Crippen molar-refractivity contribution in [1.82, 2.24) is 0 Å². The lowest BCUT2D eigenvalue weighted by molar-refractivity contribution is 0.512. The van der Waals surface area contributed by atoms with Crippen molar-refractivity contribution in [2.45, 2.75) is 0 Å². The molecular formula is C5H3NO3. The van der Waals surface area contributed by atoms with Crippen molar-refractivity contribution in [3.05, 3.63) is 33.7 Å². The van der Waals surface area contributed by atoms with Crippen molar-refractivity contribution in [3.63, 3.8) is 0 Å². The molecule has 1 aromatic heterocycles. The van der Waals surface area contributed by atoms with Gasteiger partial charge in [0.05, 0.1) is 6.26 Å². The number of hydrogen-bond acceptors (Lipinski definition) is 4. The van der Waals surface area contributed by atoms with Crippen LogP contribution in [0.1, 0.15) is 0 Å². The molecule has 0 saturated heterocycles. The van der Waals surface area contributed by atoms with Gasteiger partial charge in [-0.05, 0) is 17.3 Å². The summed E-state index contributed by atoms with van der Waals surface area (Å²) in [6.45, 7) is 0. The molecule has 0 atom stereocenters. The van der Waals surface area contributed by atoms with Crippen LogP contribution in [0.2, 0.25) is 0 Å². The zero-order valence-electron chi connectivity index (χ0n) is 4.40. The first kappa shape index (κ1) is 5.68. The van der Waals surface area contributed by atoms with E-state index in [0.717, 1.165) is 0 Å². The second-order valence-corrected chi connectivity index (χ2v) is 1.38. The normalized spacial score (nSPS) is 8.89. The van der Waals surface area contributed by atoms with Crippen molar-refractivity contribution < 1.29 is 4.42 Å². The Morgan fingerprint density at radius 2 is 2.33 bits per heavy atom. The van der Waals surface area contributed by atoms with Crippen LogP contribution in [0.15, 0.2) is 32.8 Å². The minimum Gasteiger partial charge on any atom is -0.430 e. The average molecular weight is 125 g/mol. The monoisotopic (exact) mass is 125 g/mol. The van der Waals surface area contributed by atoms with Crippen LogP contribution in [0.4, 0.5) is 5.69 Å². The maximum atomic E-state index is 10.4. The molecule has 0 aliphatic heterocycles. The van der Waals surface area contributed by atoms with Gasteiger partial charge in [0, 0.05) is 0 Å². The third kappa shape index (κ3) is 1.02. The molecular weight excluding hydrogens is 122 g/mol. The highest BCUT2D eigenvalue weighted by atomic mass is 16.4. The van der Waals surface area contributed by atoms with Crippen LogP contribution in [0, 0.1) is 4.91 Å². The van der Waals surface area contributed by atoms with Gasteiger partial charge in [-0.15, -0.1) is 4.91 Å². The summed E-state index contributed by atoms with van der Waals surface area (Å²) < 4.78 is 4.30. The summed E-state index contributed by atoms with van der Waals surface area (Å²) in [6.07, 6.45) is 1.19. The lowest BCUT2D eigenvalue weighted by Gasteiger charge is -1.80. The van der Waals surface area contributed by atoms with E-state index < -0.39 is 5.63 Å². The van der Waals surface area contributed by atoms with E-state index in [1.165, 1.54) is 18.4 Å². The van der Waals surface area contributed by atoms with E-state index in [0.29, 0.717) is 0 Å². The Morgan fingerprint density at radius 3 is 2.78 bits per heavy atom. The van der Waals surface area contributed by atoms with E-state index in [-0.39, 0.29) is 5.69 Å². The van der Waals surface area contributed by atoms with Gasteiger partial charge >= 0.3 is 5.63 Å². The smallest absolute Gasteiger partial charge is 0.365 e.